The van der Waals surface area contributed by atoms with Crippen molar-refractivity contribution in [3.8, 4) is 5.75 Å². The smallest absolute Gasteiger partial charge is 0.407 e. The minimum absolute atomic E-state index is 0.216. The van der Waals surface area contributed by atoms with Crippen LogP contribution in [-0.2, 0) is 0 Å². The Labute approximate surface area is 178 Å². The number of halogens is 3. The maximum atomic E-state index is 13.5. The lowest BCUT2D eigenvalue weighted by Gasteiger charge is -2.37. The largest absolute Gasteiger partial charge is 0.490 e. The Morgan fingerprint density at radius 3 is 2.20 bits per heavy atom. The molecule has 1 aliphatic rings. The second kappa shape index (κ2) is 9.17. The predicted octanol–water partition coefficient (Wildman–Crippen LogP) is 7.43. The van der Waals surface area contributed by atoms with Crippen LogP contribution in [0.15, 0.2) is 36.4 Å². The molecule has 0 saturated heterocycles. The van der Waals surface area contributed by atoms with Crippen molar-refractivity contribution < 1.29 is 17.9 Å². The van der Waals surface area contributed by atoms with Crippen molar-refractivity contribution in [1.29, 1.82) is 0 Å². The van der Waals surface area contributed by atoms with Gasteiger partial charge in [-0.05, 0) is 84.5 Å². The highest BCUT2D eigenvalue weighted by Crippen LogP contribution is 2.39. The topological polar surface area (TPSA) is 21.3 Å². The van der Waals surface area contributed by atoms with E-state index in [-0.39, 0.29) is 11.7 Å². The van der Waals surface area contributed by atoms with E-state index < -0.39 is 12.2 Å². The van der Waals surface area contributed by atoms with Crippen molar-refractivity contribution in [2.75, 3.05) is 6.54 Å². The van der Waals surface area contributed by atoms with E-state index in [0.717, 1.165) is 35.3 Å². The summed E-state index contributed by atoms with van der Waals surface area (Å²) >= 11 is 0. The van der Waals surface area contributed by atoms with Crippen LogP contribution in [0.2, 0.25) is 0 Å². The number of hydrogen-bond donors (Lipinski definition) is 1. The highest BCUT2D eigenvalue weighted by atomic mass is 19.4. The van der Waals surface area contributed by atoms with Crippen molar-refractivity contribution in [1.82, 2.24) is 5.32 Å². The summed E-state index contributed by atoms with van der Waals surface area (Å²) in [5, 5.41) is 4.31. The van der Waals surface area contributed by atoms with Crippen LogP contribution in [0.5, 0.6) is 5.75 Å². The molecular weight excluding hydrogens is 387 g/mol. The number of benzene rings is 2. The molecule has 0 amide bonds. The third kappa shape index (κ3) is 5.69. The molecule has 0 spiro atoms. The standard InChI is InChI=1S/C25H34F3NO/c1-5-14-29-23(25(26,27)28)19-7-6-18-16-22(11-8-17(18)15-19)30-21-12-9-20(10-13-21)24(2,3)4/h6-8,11,15-16,20-21,23,29H,5,9-10,12-14H2,1-4H3. The lowest BCUT2D eigenvalue weighted by molar-refractivity contribution is -0.157. The molecule has 166 valence electrons. The van der Waals surface area contributed by atoms with Crippen LogP contribution >= 0.6 is 0 Å². The fourth-order valence-corrected chi connectivity index (χ4v) is 4.45. The molecule has 0 radical (unpaired) electrons. The number of ether oxygens (including phenoxy) is 1. The van der Waals surface area contributed by atoms with Gasteiger partial charge in [0.2, 0.25) is 0 Å². The molecule has 1 aliphatic carbocycles. The molecular formula is C25H34F3NO. The monoisotopic (exact) mass is 421 g/mol. The van der Waals surface area contributed by atoms with E-state index in [2.05, 4.69) is 26.1 Å². The van der Waals surface area contributed by atoms with E-state index in [1.165, 1.54) is 12.8 Å². The van der Waals surface area contributed by atoms with Gasteiger partial charge >= 0.3 is 6.18 Å². The second-order valence-corrected chi connectivity index (χ2v) is 9.65. The summed E-state index contributed by atoms with van der Waals surface area (Å²) in [5.74, 6) is 1.53. The van der Waals surface area contributed by atoms with Crippen LogP contribution in [0.4, 0.5) is 13.2 Å². The summed E-state index contributed by atoms with van der Waals surface area (Å²) in [5.41, 5.74) is 0.587. The molecule has 5 heteroatoms. The first-order valence-corrected chi connectivity index (χ1v) is 11.1. The molecule has 3 rings (SSSR count). The van der Waals surface area contributed by atoms with Gasteiger partial charge < -0.3 is 10.1 Å². The summed E-state index contributed by atoms with van der Waals surface area (Å²) < 4.78 is 46.6. The van der Waals surface area contributed by atoms with Gasteiger partial charge in [-0.15, -0.1) is 0 Å². The van der Waals surface area contributed by atoms with E-state index in [1.807, 2.05) is 25.1 Å². The molecule has 2 aromatic rings. The molecule has 1 saturated carbocycles. The molecule has 1 atom stereocenters. The first kappa shape index (κ1) is 22.9. The summed E-state index contributed by atoms with van der Waals surface area (Å²) in [4.78, 5) is 0. The Morgan fingerprint density at radius 1 is 0.967 bits per heavy atom. The minimum Gasteiger partial charge on any atom is -0.490 e. The quantitative estimate of drug-likeness (QED) is 0.524. The van der Waals surface area contributed by atoms with Crippen LogP contribution in [0, 0.1) is 11.3 Å². The molecule has 1 unspecified atom stereocenters. The molecule has 0 aliphatic heterocycles. The third-order valence-electron chi connectivity index (χ3n) is 6.30. The molecule has 30 heavy (non-hydrogen) atoms. The average Bonchev–Trinajstić information content (AvgIpc) is 2.67. The van der Waals surface area contributed by atoms with Gasteiger partial charge in [0, 0.05) is 0 Å². The lowest BCUT2D eigenvalue weighted by Crippen LogP contribution is -2.34. The average molecular weight is 422 g/mol. The summed E-state index contributed by atoms with van der Waals surface area (Å²) in [6, 6.07) is 9.01. The zero-order valence-electron chi connectivity index (χ0n) is 18.5. The van der Waals surface area contributed by atoms with Crippen LogP contribution in [-0.4, -0.2) is 18.8 Å². The Balaban J connectivity index is 1.71. The third-order valence-corrected chi connectivity index (χ3v) is 6.30. The highest BCUT2D eigenvalue weighted by molar-refractivity contribution is 5.84. The Hall–Kier alpha value is -1.75. The normalized spacial score (nSPS) is 21.6. The van der Waals surface area contributed by atoms with E-state index >= 15 is 0 Å². The van der Waals surface area contributed by atoms with Gasteiger partial charge in [0.05, 0.1) is 6.10 Å². The highest BCUT2D eigenvalue weighted by Gasteiger charge is 2.40. The number of rotatable bonds is 6. The molecule has 2 nitrogen and oxygen atoms in total. The van der Waals surface area contributed by atoms with Gasteiger partial charge in [0.15, 0.2) is 0 Å². The zero-order valence-corrected chi connectivity index (χ0v) is 18.5. The fraction of sp³-hybridized carbons (Fsp3) is 0.600. The van der Waals surface area contributed by atoms with E-state index in [1.54, 1.807) is 18.2 Å². The van der Waals surface area contributed by atoms with Crippen molar-refractivity contribution in [2.24, 2.45) is 11.3 Å². The van der Waals surface area contributed by atoms with E-state index in [9.17, 15) is 13.2 Å². The SMILES string of the molecule is CCCNC(c1ccc2cc(OC3CCC(C(C)(C)C)CC3)ccc2c1)C(F)(F)F. The molecule has 1 fully saturated rings. The van der Waals surface area contributed by atoms with Crippen molar-refractivity contribution >= 4 is 10.8 Å². The Kier molecular flexibility index (Phi) is 7.01. The van der Waals surface area contributed by atoms with Gasteiger partial charge in [0.1, 0.15) is 11.8 Å². The zero-order chi connectivity index (χ0) is 21.9. The number of hydrogen-bond acceptors (Lipinski definition) is 2. The van der Waals surface area contributed by atoms with Crippen molar-refractivity contribution in [3.63, 3.8) is 0 Å². The van der Waals surface area contributed by atoms with Gasteiger partial charge in [0.25, 0.3) is 0 Å². The number of nitrogens with one attached hydrogen (secondary N) is 1. The minimum atomic E-state index is -4.32. The van der Waals surface area contributed by atoms with Gasteiger partial charge in [-0.3, -0.25) is 0 Å². The molecule has 0 bridgehead atoms. The predicted molar refractivity (Wildman–Crippen MR) is 117 cm³/mol. The summed E-state index contributed by atoms with van der Waals surface area (Å²) in [6.45, 7) is 9.09. The second-order valence-electron chi connectivity index (χ2n) is 9.65. The molecule has 0 aromatic heterocycles. The maximum absolute atomic E-state index is 13.5. The van der Waals surface area contributed by atoms with Crippen LogP contribution in [0.1, 0.15) is 71.4 Å². The van der Waals surface area contributed by atoms with Gasteiger partial charge in [-0.25, -0.2) is 0 Å². The van der Waals surface area contributed by atoms with E-state index in [4.69, 9.17) is 4.74 Å². The number of alkyl halides is 3. The molecule has 1 N–H and O–H groups in total. The summed E-state index contributed by atoms with van der Waals surface area (Å²) in [7, 11) is 0. The van der Waals surface area contributed by atoms with Crippen molar-refractivity contribution in [2.45, 2.75) is 78.1 Å². The molecule has 0 heterocycles. The van der Waals surface area contributed by atoms with E-state index in [0.29, 0.717) is 18.4 Å². The maximum Gasteiger partial charge on any atom is 0.407 e. The Bertz CT molecular complexity index is 832. The number of fused-ring (bicyclic) bond motifs is 1. The first-order chi connectivity index (χ1) is 14.1. The lowest BCUT2D eigenvalue weighted by atomic mass is 9.72. The van der Waals surface area contributed by atoms with Crippen LogP contribution in [0.25, 0.3) is 10.8 Å². The molecule has 2 aromatic carbocycles. The van der Waals surface area contributed by atoms with Gasteiger partial charge in [-0.1, -0.05) is 45.9 Å². The summed E-state index contributed by atoms with van der Waals surface area (Å²) in [6.07, 6.45) is 0.998. The van der Waals surface area contributed by atoms with Crippen LogP contribution < -0.4 is 10.1 Å². The first-order valence-electron chi connectivity index (χ1n) is 11.1. The Morgan fingerprint density at radius 2 is 1.60 bits per heavy atom. The van der Waals surface area contributed by atoms with Crippen molar-refractivity contribution in [3.05, 3.63) is 42.0 Å². The fourth-order valence-electron chi connectivity index (χ4n) is 4.45. The van der Waals surface area contributed by atoms with Crippen LogP contribution in [0.3, 0.4) is 0 Å². The van der Waals surface area contributed by atoms with Gasteiger partial charge in [-0.2, -0.15) is 13.2 Å².